The first-order valence-corrected chi connectivity index (χ1v) is 20.0. The third kappa shape index (κ3) is 39.8. The fourth-order valence-corrected chi connectivity index (χ4v) is 10.7. The maximum Gasteiger partial charge on any atom is 0.0780 e. The van der Waals surface area contributed by atoms with Crippen molar-refractivity contribution in [2.24, 2.45) is 0 Å². The van der Waals surface area contributed by atoms with E-state index in [0.717, 1.165) is 4.48 Å². The molecule has 0 saturated heterocycles. The minimum atomic E-state index is -0.562. The number of halogens is 2. The predicted octanol–water partition coefficient (Wildman–Crippen LogP) is 6.44. The van der Waals surface area contributed by atoms with Crippen LogP contribution in [0.25, 0.3) is 0 Å². The lowest BCUT2D eigenvalue weighted by atomic mass is 10.0. The van der Waals surface area contributed by atoms with E-state index in [4.69, 9.17) is 0 Å². The summed E-state index contributed by atoms with van der Waals surface area (Å²) in [5, 5.41) is 0. The Morgan fingerprint density at radius 3 is 0.800 bits per heavy atom. The Kier molecular flexibility index (Phi) is 49.8. The maximum absolute atomic E-state index is 2.36. The average molecular weight is 738 g/mol. The van der Waals surface area contributed by atoms with Crippen LogP contribution in [0.2, 0.25) is 0 Å². The molecule has 0 spiro atoms. The van der Waals surface area contributed by atoms with E-state index >= 15 is 0 Å². The highest BCUT2D eigenvalue weighted by Crippen LogP contribution is 2.61. The van der Waals surface area contributed by atoms with E-state index in [1.165, 1.54) is 148 Å². The second-order valence-corrected chi connectivity index (χ2v) is 17.7. The van der Waals surface area contributed by atoms with Crippen molar-refractivity contribution < 1.29 is 38.4 Å². The largest absolute Gasteiger partial charge is 1.00 e. The summed E-state index contributed by atoms with van der Waals surface area (Å²) in [6.07, 6.45) is 38.3. The topological polar surface area (TPSA) is 0 Å². The Hall–Kier alpha value is 1.78. The molecule has 1 atom stereocenters. The van der Waals surface area contributed by atoms with E-state index in [1.807, 2.05) is 0 Å². The zero-order chi connectivity index (χ0) is 28.1. The molecule has 1 unspecified atom stereocenters. The molecule has 0 aliphatic carbocycles. The average Bonchev–Trinajstić information content (AvgIpc) is 2.88. The van der Waals surface area contributed by atoms with Gasteiger partial charge in [0.1, 0.15) is 0 Å². The summed E-state index contributed by atoms with van der Waals surface area (Å²) in [6.45, 7) is 13.0. The molecular weight excluding hydrogens is 656 g/mol. The number of hydrogen-bond donors (Lipinski definition) is 0. The van der Waals surface area contributed by atoms with Crippen LogP contribution in [0.1, 0.15) is 176 Å². The molecule has 5 heteroatoms. The molecule has 40 heavy (non-hydrogen) atoms. The summed E-state index contributed by atoms with van der Waals surface area (Å²) in [7, 11) is 6.32. The van der Waals surface area contributed by atoms with Crippen molar-refractivity contribution in [3.63, 3.8) is 0 Å². The van der Waals surface area contributed by atoms with Crippen LogP contribution >= 0.6 is 17.2 Å². The minimum Gasteiger partial charge on any atom is -1.00 e. The molecule has 0 aromatic heterocycles. The van der Waals surface area contributed by atoms with Gasteiger partial charge in [-0.15, -0.1) is 0 Å². The fraction of sp³-hybridized carbons (Fsp3) is 1.00. The van der Waals surface area contributed by atoms with Gasteiger partial charge in [-0.2, -0.15) is 9.90 Å². The monoisotopic (exact) mass is 735 g/mol. The Morgan fingerprint density at radius 1 is 0.350 bits per heavy atom. The van der Waals surface area contributed by atoms with Crippen LogP contribution in [-0.2, 0) is 0 Å². The molecule has 0 amide bonds. The smallest absolute Gasteiger partial charge is 0.0780 e. The van der Waals surface area contributed by atoms with E-state index in [2.05, 4.69) is 55.8 Å². The molecule has 0 aromatic rings. The van der Waals surface area contributed by atoms with Gasteiger partial charge < -0.3 is 38.4 Å². The van der Waals surface area contributed by atoms with Gasteiger partial charge in [-0.3, -0.25) is 0 Å². The van der Waals surface area contributed by atoms with Gasteiger partial charge in [0.05, 0.1) is 52.3 Å². The molecule has 0 aliphatic heterocycles. The molecule has 1 nitrogen and oxygen atoms in total. The van der Waals surface area contributed by atoms with Gasteiger partial charge in [-0.1, -0.05) is 137 Å². The minimum absolute atomic E-state index is 0. The van der Waals surface area contributed by atoms with Crippen LogP contribution in [0.3, 0.4) is 0 Å². The summed E-state index contributed by atoms with van der Waals surface area (Å²) < 4.78 is 1.12. The first-order chi connectivity index (χ1) is 17.8. The standard InChI is InChI=1S/C19H42N.C16H36P.2BrH.H3P/c1-5-6-7-8-9-10-11-12-13-14-15-16-17-18-19-20(2,3)4;1-5-9-13-17(14-10-6-2,15-11-7-3)16-12-8-4;;;/h5-19H2,1-4H3;5-16H2,1-4H3;2*1H;1H3/q2*+1;;;/p-2. The normalized spacial score (nSPS) is 11.1. The van der Waals surface area contributed by atoms with E-state index in [0.29, 0.717) is 0 Å². The Bertz CT molecular complexity index is 393. The summed E-state index contributed by atoms with van der Waals surface area (Å²) >= 11 is 0. The molecule has 0 aliphatic rings. The number of nitrogens with zero attached hydrogens (tertiary/aromatic N) is 1. The van der Waals surface area contributed by atoms with Gasteiger partial charge in [0.25, 0.3) is 0 Å². The summed E-state index contributed by atoms with van der Waals surface area (Å²) in [4.78, 5) is 0. The third-order valence-electron chi connectivity index (χ3n) is 8.13. The highest BCUT2D eigenvalue weighted by Gasteiger charge is 2.34. The number of unbranched alkanes of at least 4 members (excludes halogenated alkanes) is 17. The molecule has 0 fully saturated rings. The molecule has 250 valence electrons. The first kappa shape index (κ1) is 51.4. The molecule has 0 heterocycles. The van der Waals surface area contributed by atoms with E-state index in [1.54, 1.807) is 24.6 Å². The second-order valence-electron chi connectivity index (χ2n) is 13.3. The Labute approximate surface area is 282 Å². The lowest BCUT2D eigenvalue weighted by molar-refractivity contribution is -0.870. The van der Waals surface area contributed by atoms with Gasteiger partial charge in [-0.25, -0.2) is 0 Å². The Morgan fingerprint density at radius 2 is 0.575 bits per heavy atom. The van der Waals surface area contributed by atoms with Crippen molar-refractivity contribution in [1.29, 1.82) is 0 Å². The van der Waals surface area contributed by atoms with Crippen molar-refractivity contribution in [3.05, 3.63) is 0 Å². The number of rotatable bonds is 27. The van der Waals surface area contributed by atoms with Crippen LogP contribution in [0.15, 0.2) is 0 Å². The lowest BCUT2D eigenvalue weighted by Gasteiger charge is -2.28. The van der Waals surface area contributed by atoms with Crippen LogP contribution in [0.4, 0.5) is 0 Å². The second kappa shape index (κ2) is 38.8. The Balaban J connectivity index is -0.000000192. The fourth-order valence-electron chi connectivity index (χ4n) is 5.43. The molecule has 0 radical (unpaired) electrons. The summed E-state index contributed by atoms with van der Waals surface area (Å²) in [5.41, 5.74) is 0. The SMILES string of the molecule is CCCCCCCCCCCCCCCC[N+](C)(C)C.CCCC[P+](CCCC)(CCCC)CCCC.P.[Br-].[Br-]. The zero-order valence-electron chi connectivity index (χ0n) is 29.4. The molecule has 0 bridgehead atoms. The summed E-state index contributed by atoms with van der Waals surface area (Å²) in [5.74, 6) is 0. The van der Waals surface area contributed by atoms with Crippen molar-refractivity contribution in [2.75, 3.05) is 52.3 Å². The number of hydrogen-bond acceptors (Lipinski definition) is 0. The van der Waals surface area contributed by atoms with Gasteiger partial charge >= 0.3 is 0 Å². The summed E-state index contributed by atoms with van der Waals surface area (Å²) in [6, 6.07) is 0. The molecule has 0 saturated carbocycles. The van der Waals surface area contributed by atoms with E-state index < -0.39 is 7.26 Å². The van der Waals surface area contributed by atoms with Crippen LogP contribution in [0, 0.1) is 0 Å². The third-order valence-corrected chi connectivity index (χ3v) is 13.2. The quantitative estimate of drug-likeness (QED) is 0.0518. The first-order valence-electron chi connectivity index (χ1n) is 17.5. The lowest BCUT2D eigenvalue weighted by Crippen LogP contribution is -3.00. The maximum atomic E-state index is 2.36. The predicted molar refractivity (Wildman–Crippen MR) is 190 cm³/mol. The van der Waals surface area contributed by atoms with Gasteiger partial charge in [-0.05, 0) is 38.5 Å². The molecule has 0 N–H and O–H groups in total. The molecule has 0 rings (SSSR count). The van der Waals surface area contributed by atoms with Gasteiger partial charge in [0.15, 0.2) is 0 Å². The van der Waals surface area contributed by atoms with E-state index in [-0.39, 0.29) is 43.9 Å². The highest BCUT2D eigenvalue weighted by atomic mass is 79.9. The molecular formula is C35H81Br2NP2. The zero-order valence-corrected chi connectivity index (χ0v) is 34.9. The van der Waals surface area contributed by atoms with Gasteiger partial charge in [0, 0.05) is 7.26 Å². The van der Waals surface area contributed by atoms with Crippen LogP contribution in [-0.4, -0.2) is 56.8 Å². The van der Waals surface area contributed by atoms with Crippen molar-refractivity contribution >= 4 is 17.2 Å². The van der Waals surface area contributed by atoms with Gasteiger partial charge in [0.2, 0.25) is 0 Å². The molecule has 0 aromatic carbocycles. The van der Waals surface area contributed by atoms with Crippen molar-refractivity contribution in [1.82, 2.24) is 0 Å². The highest BCUT2D eigenvalue weighted by molar-refractivity contribution is 7.75. The number of quaternary nitrogens is 1. The van der Waals surface area contributed by atoms with Crippen molar-refractivity contribution in [3.8, 4) is 0 Å². The van der Waals surface area contributed by atoms with Crippen LogP contribution < -0.4 is 34.0 Å². The van der Waals surface area contributed by atoms with Crippen molar-refractivity contribution in [2.45, 2.75) is 176 Å². The van der Waals surface area contributed by atoms with Crippen LogP contribution in [0.5, 0.6) is 0 Å². The van der Waals surface area contributed by atoms with E-state index in [9.17, 15) is 0 Å².